The van der Waals surface area contributed by atoms with Gasteiger partial charge in [-0.2, -0.15) is 0 Å². The maximum absolute atomic E-state index is 12.1. The van der Waals surface area contributed by atoms with Crippen LogP contribution in [0.3, 0.4) is 0 Å². The molecule has 1 atom stereocenters. The average molecular weight is 327 g/mol. The van der Waals surface area contributed by atoms with E-state index in [2.05, 4.69) is 59.6 Å². The number of amides is 2. The van der Waals surface area contributed by atoms with Crippen molar-refractivity contribution in [2.45, 2.75) is 64.0 Å². The van der Waals surface area contributed by atoms with Crippen LogP contribution in [0.15, 0.2) is 30.5 Å². The lowest BCUT2D eigenvalue weighted by Gasteiger charge is -2.24. The van der Waals surface area contributed by atoms with Gasteiger partial charge in [-0.25, -0.2) is 4.79 Å². The summed E-state index contributed by atoms with van der Waals surface area (Å²) >= 11 is 0. The summed E-state index contributed by atoms with van der Waals surface area (Å²) in [7, 11) is 2.09. The molecular weight excluding hydrogens is 298 g/mol. The summed E-state index contributed by atoms with van der Waals surface area (Å²) in [5, 5.41) is 7.54. The first-order chi connectivity index (χ1) is 11.6. The molecule has 1 fully saturated rings. The van der Waals surface area contributed by atoms with Gasteiger partial charge in [0.2, 0.25) is 0 Å². The minimum Gasteiger partial charge on any atom is -0.350 e. The molecule has 0 bridgehead atoms. The van der Waals surface area contributed by atoms with E-state index in [0.717, 1.165) is 25.7 Å². The number of urea groups is 1. The topological polar surface area (TPSA) is 46.1 Å². The van der Waals surface area contributed by atoms with E-state index in [1.54, 1.807) is 0 Å². The molecule has 4 nitrogen and oxygen atoms in total. The Morgan fingerprint density at radius 1 is 1.25 bits per heavy atom. The van der Waals surface area contributed by atoms with Crippen LogP contribution in [-0.2, 0) is 13.5 Å². The van der Waals surface area contributed by atoms with Gasteiger partial charge in [0.25, 0.3) is 0 Å². The molecule has 2 N–H and O–H groups in total. The zero-order valence-corrected chi connectivity index (χ0v) is 14.8. The van der Waals surface area contributed by atoms with Gasteiger partial charge in [-0.3, -0.25) is 0 Å². The molecule has 1 aromatic carbocycles. The molecule has 0 spiro atoms. The van der Waals surface area contributed by atoms with Crippen molar-refractivity contribution >= 4 is 16.9 Å². The van der Waals surface area contributed by atoms with Crippen LogP contribution in [0, 0.1) is 0 Å². The molecule has 0 aliphatic heterocycles. The third-order valence-electron chi connectivity index (χ3n) is 5.14. The summed E-state index contributed by atoms with van der Waals surface area (Å²) in [6.45, 7) is 2.09. The smallest absolute Gasteiger partial charge is 0.315 e. The number of benzene rings is 1. The summed E-state index contributed by atoms with van der Waals surface area (Å²) in [5.41, 5.74) is 2.62. The molecule has 3 rings (SSSR count). The van der Waals surface area contributed by atoms with Crippen molar-refractivity contribution in [2.75, 3.05) is 0 Å². The van der Waals surface area contributed by atoms with Gasteiger partial charge >= 0.3 is 6.03 Å². The highest BCUT2D eigenvalue weighted by Crippen LogP contribution is 2.22. The van der Waals surface area contributed by atoms with Crippen LogP contribution in [0.4, 0.5) is 4.79 Å². The van der Waals surface area contributed by atoms with Gasteiger partial charge in [0.05, 0.1) is 0 Å². The fourth-order valence-electron chi connectivity index (χ4n) is 3.77. The molecule has 1 heterocycles. The van der Waals surface area contributed by atoms with Crippen molar-refractivity contribution in [3.05, 3.63) is 36.0 Å². The fourth-order valence-corrected chi connectivity index (χ4v) is 3.77. The number of carbonyl (C=O) groups excluding carboxylic acids is 1. The summed E-state index contributed by atoms with van der Waals surface area (Å²) in [5.74, 6) is 0. The van der Waals surface area contributed by atoms with E-state index in [0.29, 0.717) is 6.04 Å². The van der Waals surface area contributed by atoms with Crippen molar-refractivity contribution < 1.29 is 4.79 Å². The average Bonchev–Trinajstić information content (AvgIpc) is 2.90. The molecular formula is C20H29N3O. The molecule has 1 unspecified atom stereocenters. The quantitative estimate of drug-likeness (QED) is 0.852. The second-order valence-electron chi connectivity index (χ2n) is 7.17. The van der Waals surface area contributed by atoms with E-state index < -0.39 is 0 Å². The third-order valence-corrected chi connectivity index (χ3v) is 5.14. The molecule has 1 saturated carbocycles. The van der Waals surface area contributed by atoms with Crippen LogP contribution < -0.4 is 10.6 Å². The zero-order chi connectivity index (χ0) is 16.9. The van der Waals surface area contributed by atoms with Gasteiger partial charge in [0.15, 0.2) is 0 Å². The Bertz CT molecular complexity index is 685. The van der Waals surface area contributed by atoms with E-state index in [9.17, 15) is 4.79 Å². The van der Waals surface area contributed by atoms with Crippen LogP contribution in [0.2, 0.25) is 0 Å². The second kappa shape index (κ2) is 7.73. The van der Waals surface area contributed by atoms with Crippen molar-refractivity contribution in [1.29, 1.82) is 0 Å². The van der Waals surface area contributed by atoms with E-state index >= 15 is 0 Å². The van der Waals surface area contributed by atoms with Crippen LogP contribution in [-0.4, -0.2) is 22.7 Å². The van der Waals surface area contributed by atoms with Crippen LogP contribution in [0.1, 0.15) is 51.0 Å². The molecule has 0 saturated heterocycles. The predicted octanol–water partition coefficient (Wildman–Crippen LogP) is 4.13. The number of fused-ring (bicyclic) bond motifs is 1. The Labute approximate surface area is 144 Å². The predicted molar refractivity (Wildman–Crippen MR) is 99.2 cm³/mol. The first kappa shape index (κ1) is 16.9. The monoisotopic (exact) mass is 327 g/mol. The van der Waals surface area contributed by atoms with Gasteiger partial charge in [-0.15, -0.1) is 0 Å². The van der Waals surface area contributed by atoms with Crippen molar-refractivity contribution in [3.8, 4) is 0 Å². The van der Waals surface area contributed by atoms with E-state index in [-0.39, 0.29) is 12.1 Å². The Balaban J connectivity index is 1.49. The van der Waals surface area contributed by atoms with Crippen LogP contribution >= 0.6 is 0 Å². The second-order valence-corrected chi connectivity index (χ2v) is 7.17. The van der Waals surface area contributed by atoms with Crippen LogP contribution in [0.25, 0.3) is 10.9 Å². The number of aryl methyl sites for hydroxylation is 2. The molecule has 2 aromatic rings. The first-order valence-corrected chi connectivity index (χ1v) is 9.23. The van der Waals surface area contributed by atoms with Crippen molar-refractivity contribution in [3.63, 3.8) is 0 Å². The van der Waals surface area contributed by atoms with Gasteiger partial charge in [0, 0.05) is 36.2 Å². The molecule has 1 aliphatic rings. The van der Waals surface area contributed by atoms with Gasteiger partial charge in [0.1, 0.15) is 0 Å². The zero-order valence-electron chi connectivity index (χ0n) is 14.8. The fraction of sp³-hybridized carbons (Fsp3) is 0.550. The summed E-state index contributed by atoms with van der Waals surface area (Å²) in [6, 6.07) is 9.03. The summed E-state index contributed by atoms with van der Waals surface area (Å²) in [6.07, 6.45) is 10.2. The SMILES string of the molecule is CC(CCc1cn(C)c2ccccc12)NC(=O)NC1CCCCC1. The standard InChI is InChI=1S/C20H29N3O/c1-15(21-20(24)22-17-8-4-3-5-9-17)12-13-16-14-23(2)19-11-7-6-10-18(16)19/h6-7,10-11,14-15,17H,3-5,8-9,12-13H2,1-2H3,(H2,21,22,24). The lowest BCUT2D eigenvalue weighted by molar-refractivity contribution is 0.229. The number of aromatic nitrogens is 1. The largest absolute Gasteiger partial charge is 0.350 e. The Morgan fingerprint density at radius 3 is 2.79 bits per heavy atom. The highest BCUT2D eigenvalue weighted by Gasteiger charge is 2.16. The Hall–Kier alpha value is -1.97. The lowest BCUT2D eigenvalue weighted by atomic mass is 9.96. The number of rotatable bonds is 5. The Morgan fingerprint density at radius 2 is 2.00 bits per heavy atom. The van der Waals surface area contributed by atoms with Gasteiger partial charge in [-0.1, -0.05) is 37.5 Å². The van der Waals surface area contributed by atoms with Crippen LogP contribution in [0.5, 0.6) is 0 Å². The number of para-hydroxylation sites is 1. The molecule has 4 heteroatoms. The molecule has 1 aliphatic carbocycles. The highest BCUT2D eigenvalue weighted by molar-refractivity contribution is 5.83. The minimum atomic E-state index is -0.00711. The highest BCUT2D eigenvalue weighted by atomic mass is 16.2. The van der Waals surface area contributed by atoms with Gasteiger partial charge in [-0.05, 0) is 44.2 Å². The number of nitrogens with zero attached hydrogens (tertiary/aromatic N) is 1. The lowest BCUT2D eigenvalue weighted by Crippen LogP contribution is -2.46. The summed E-state index contributed by atoms with van der Waals surface area (Å²) < 4.78 is 2.18. The number of hydrogen-bond acceptors (Lipinski definition) is 1. The molecule has 24 heavy (non-hydrogen) atoms. The number of carbonyl (C=O) groups is 1. The Kier molecular flexibility index (Phi) is 5.44. The molecule has 2 amide bonds. The van der Waals surface area contributed by atoms with Crippen molar-refractivity contribution in [1.82, 2.24) is 15.2 Å². The van der Waals surface area contributed by atoms with E-state index in [1.165, 1.54) is 35.7 Å². The number of nitrogens with one attached hydrogen (secondary N) is 2. The molecule has 130 valence electrons. The maximum Gasteiger partial charge on any atom is 0.315 e. The maximum atomic E-state index is 12.1. The summed E-state index contributed by atoms with van der Waals surface area (Å²) in [4.78, 5) is 12.1. The number of hydrogen-bond donors (Lipinski definition) is 2. The third kappa shape index (κ3) is 4.11. The minimum absolute atomic E-state index is 0.00711. The normalized spacial score (nSPS) is 16.9. The first-order valence-electron chi connectivity index (χ1n) is 9.23. The van der Waals surface area contributed by atoms with Crippen molar-refractivity contribution in [2.24, 2.45) is 7.05 Å². The molecule has 0 radical (unpaired) electrons. The molecule has 1 aromatic heterocycles. The van der Waals surface area contributed by atoms with E-state index in [1.807, 2.05) is 0 Å². The van der Waals surface area contributed by atoms with E-state index in [4.69, 9.17) is 0 Å². The van der Waals surface area contributed by atoms with Gasteiger partial charge < -0.3 is 15.2 Å².